The molecule has 4 N–H and O–H groups in total. The minimum Gasteiger partial charge on any atom is -0.520 e. The molecule has 0 saturated heterocycles. The molecule has 0 aromatic heterocycles. The maximum absolute atomic E-state index is 10.5. The number of carbonyl (C=O) groups excluding carboxylic acids is 2. The molecule has 0 aliphatic heterocycles. The van der Waals surface area contributed by atoms with Gasteiger partial charge in [0.05, 0.1) is 6.04 Å². The number of primary amides is 1. The van der Waals surface area contributed by atoms with E-state index in [-0.39, 0.29) is 12.8 Å². The summed E-state index contributed by atoms with van der Waals surface area (Å²) in [4.78, 5) is 30.3. The second-order valence-electron chi connectivity index (χ2n) is 2.13. The molecule has 2 amide bonds. The van der Waals surface area contributed by atoms with Crippen molar-refractivity contribution >= 4 is 18.3 Å². The lowest BCUT2D eigenvalue weighted by Gasteiger charge is -2.16. The highest BCUT2D eigenvalue weighted by atomic mass is 16.4. The molecule has 12 heavy (non-hydrogen) atoms. The first-order valence-corrected chi connectivity index (χ1v) is 3.21. The van der Waals surface area contributed by atoms with Gasteiger partial charge in [0.15, 0.2) is 0 Å². The molecule has 0 aliphatic carbocycles. The van der Waals surface area contributed by atoms with E-state index in [0.717, 1.165) is 0 Å². The van der Waals surface area contributed by atoms with Crippen molar-refractivity contribution in [2.75, 3.05) is 0 Å². The van der Waals surface area contributed by atoms with E-state index in [1.807, 2.05) is 5.32 Å². The summed E-state index contributed by atoms with van der Waals surface area (Å²) in [6, 6.07) is -0.946. The van der Waals surface area contributed by atoms with Crippen LogP contribution in [0.15, 0.2) is 0 Å². The van der Waals surface area contributed by atoms with Crippen LogP contribution in [0.3, 0.4) is 0 Å². The van der Waals surface area contributed by atoms with Crippen LogP contribution in [-0.2, 0) is 14.4 Å². The molecule has 0 aliphatic rings. The molecular formula is C6H9N2O4-. The molecule has 68 valence electrons. The number of hydrogen-bond acceptors (Lipinski definition) is 3. The second-order valence-corrected chi connectivity index (χ2v) is 2.13. The predicted octanol–water partition coefficient (Wildman–Crippen LogP) is -1.64. The Kier molecular flexibility index (Phi) is 4.43. The number of carboxylic acid groups (broad SMARTS) is 1. The third-order valence-electron chi connectivity index (χ3n) is 1.22. The topological polar surface area (TPSA) is 109 Å². The lowest BCUT2D eigenvalue weighted by molar-refractivity contribution is -0.137. The quantitative estimate of drug-likeness (QED) is 0.330. The van der Waals surface area contributed by atoms with Gasteiger partial charge in [-0.25, -0.2) is 0 Å². The van der Waals surface area contributed by atoms with Crippen molar-refractivity contribution in [1.29, 1.82) is 0 Å². The van der Waals surface area contributed by atoms with Gasteiger partial charge in [-0.2, -0.15) is 6.41 Å². The van der Waals surface area contributed by atoms with Crippen LogP contribution in [0.2, 0.25) is 0 Å². The Morgan fingerprint density at radius 1 is 1.58 bits per heavy atom. The molecule has 0 aromatic rings. The zero-order valence-electron chi connectivity index (χ0n) is 6.24. The average Bonchev–Trinajstić information content (AvgIpc) is 1.96. The minimum atomic E-state index is -1.05. The van der Waals surface area contributed by atoms with Gasteiger partial charge >= 0.3 is 5.97 Å². The van der Waals surface area contributed by atoms with Crippen molar-refractivity contribution in [2.24, 2.45) is 5.73 Å². The van der Waals surface area contributed by atoms with E-state index in [1.165, 1.54) is 6.41 Å². The van der Waals surface area contributed by atoms with Crippen molar-refractivity contribution in [3.63, 3.8) is 0 Å². The minimum absolute atomic E-state index is 0.0140. The third kappa shape index (κ3) is 4.26. The largest absolute Gasteiger partial charge is 0.520 e. The fourth-order valence-electron chi connectivity index (χ4n) is 0.624. The Balaban J connectivity index is 3.86. The first-order chi connectivity index (χ1) is 5.57. The van der Waals surface area contributed by atoms with E-state index in [1.54, 1.807) is 0 Å². The van der Waals surface area contributed by atoms with Gasteiger partial charge in [-0.05, 0) is 6.42 Å². The van der Waals surface area contributed by atoms with Crippen LogP contribution < -0.4 is 11.1 Å². The summed E-state index contributed by atoms with van der Waals surface area (Å²) in [5.74, 6) is -1.81. The van der Waals surface area contributed by atoms with Gasteiger partial charge < -0.3 is 21.0 Å². The van der Waals surface area contributed by atoms with Crippen LogP contribution in [-0.4, -0.2) is 29.4 Å². The Hall–Kier alpha value is -1.59. The van der Waals surface area contributed by atoms with Gasteiger partial charge in [-0.3, -0.25) is 9.59 Å². The number of amides is 2. The highest BCUT2D eigenvalue weighted by Gasteiger charge is 2.11. The van der Waals surface area contributed by atoms with Crippen LogP contribution in [0.25, 0.3) is 0 Å². The Labute approximate surface area is 68.7 Å². The summed E-state index contributed by atoms with van der Waals surface area (Å²) in [6.07, 6.45) is 1.05. The molecule has 0 aromatic carbocycles. The third-order valence-corrected chi connectivity index (χ3v) is 1.22. The number of hydrogen-bond donors (Lipinski definition) is 3. The molecular weight excluding hydrogens is 164 g/mol. The zero-order valence-corrected chi connectivity index (χ0v) is 6.24. The van der Waals surface area contributed by atoms with E-state index in [2.05, 4.69) is 0 Å². The van der Waals surface area contributed by atoms with Crippen molar-refractivity contribution in [3.8, 4) is 0 Å². The Bertz CT molecular complexity index is 192. The summed E-state index contributed by atoms with van der Waals surface area (Å²) < 4.78 is 0. The van der Waals surface area contributed by atoms with E-state index < -0.39 is 17.9 Å². The van der Waals surface area contributed by atoms with Crippen LogP contribution in [0.5, 0.6) is 0 Å². The van der Waals surface area contributed by atoms with Crippen molar-refractivity contribution in [1.82, 2.24) is 5.32 Å². The Morgan fingerprint density at radius 3 is 2.50 bits per heavy atom. The monoisotopic (exact) mass is 173 g/mol. The molecule has 0 saturated carbocycles. The second kappa shape index (κ2) is 5.11. The molecule has 0 spiro atoms. The Morgan fingerprint density at radius 2 is 2.17 bits per heavy atom. The maximum Gasteiger partial charge on any atom is 0.303 e. The molecule has 1 atom stereocenters. The number of nitrogens with two attached hydrogens (primary N) is 1. The SMILES string of the molecule is NC(=O)[C@H](CCC(=O)O)N[C-]=O. The first kappa shape index (κ1) is 10.4. The van der Waals surface area contributed by atoms with Gasteiger partial charge in [0.1, 0.15) is 0 Å². The van der Waals surface area contributed by atoms with Gasteiger partial charge in [-0.15, -0.1) is 0 Å². The molecule has 0 bridgehead atoms. The summed E-state index contributed by atoms with van der Waals surface area (Å²) in [5, 5.41) is 10.2. The lowest BCUT2D eigenvalue weighted by atomic mass is 10.1. The van der Waals surface area contributed by atoms with E-state index >= 15 is 0 Å². The molecule has 0 radical (unpaired) electrons. The molecule has 6 nitrogen and oxygen atoms in total. The summed E-state index contributed by atoms with van der Waals surface area (Å²) in [7, 11) is 0. The number of carbonyl (C=O) groups is 2. The number of rotatable bonds is 6. The van der Waals surface area contributed by atoms with Crippen LogP contribution >= 0.6 is 0 Å². The van der Waals surface area contributed by atoms with Gasteiger partial charge in [0.2, 0.25) is 5.91 Å². The molecule has 0 heterocycles. The summed E-state index contributed by atoms with van der Waals surface area (Å²) >= 11 is 0. The highest BCUT2D eigenvalue weighted by molar-refractivity contribution is 5.82. The van der Waals surface area contributed by atoms with Gasteiger partial charge in [0.25, 0.3) is 0 Å². The van der Waals surface area contributed by atoms with Crippen molar-refractivity contribution in [3.05, 3.63) is 0 Å². The maximum atomic E-state index is 10.5. The molecule has 0 unspecified atom stereocenters. The van der Waals surface area contributed by atoms with Gasteiger partial charge in [-0.1, -0.05) is 0 Å². The molecule has 6 heteroatoms. The van der Waals surface area contributed by atoms with E-state index in [9.17, 15) is 14.4 Å². The average molecular weight is 173 g/mol. The predicted molar refractivity (Wildman–Crippen MR) is 38.7 cm³/mol. The lowest BCUT2D eigenvalue weighted by Crippen LogP contribution is -2.40. The zero-order chi connectivity index (χ0) is 9.56. The number of carboxylic acids is 1. The fourth-order valence-corrected chi connectivity index (χ4v) is 0.624. The van der Waals surface area contributed by atoms with Crippen LogP contribution in [0, 0.1) is 0 Å². The van der Waals surface area contributed by atoms with Crippen molar-refractivity contribution in [2.45, 2.75) is 18.9 Å². The normalized spacial score (nSPS) is 11.7. The molecule has 0 fully saturated rings. The standard InChI is InChI=1S/C6H9N2O4/c7-6(12)4(8-3-9)1-2-5(10)11/h4H,1-2H2,(H2,7,12)(H,8,9)(H,10,11)/q-1/t4-/m0/s1. The van der Waals surface area contributed by atoms with E-state index in [0.29, 0.717) is 0 Å². The summed E-state index contributed by atoms with van der Waals surface area (Å²) in [5.41, 5.74) is 4.84. The fraction of sp³-hybridized carbons (Fsp3) is 0.500. The van der Waals surface area contributed by atoms with Gasteiger partial charge in [0, 0.05) is 6.42 Å². The van der Waals surface area contributed by atoms with Crippen LogP contribution in [0.1, 0.15) is 12.8 Å². The first-order valence-electron chi connectivity index (χ1n) is 3.21. The number of nitrogens with one attached hydrogen (secondary N) is 1. The van der Waals surface area contributed by atoms with Crippen LogP contribution in [0.4, 0.5) is 0 Å². The molecule has 0 rings (SSSR count). The number of aliphatic carboxylic acids is 1. The van der Waals surface area contributed by atoms with Crippen molar-refractivity contribution < 1.29 is 19.5 Å². The van der Waals surface area contributed by atoms with E-state index in [4.69, 9.17) is 10.8 Å². The summed E-state index contributed by atoms with van der Waals surface area (Å²) in [6.45, 7) is 0. The smallest absolute Gasteiger partial charge is 0.303 e. The highest BCUT2D eigenvalue weighted by Crippen LogP contribution is 1.95.